The number of aromatic nitrogens is 1. The van der Waals surface area contributed by atoms with Crippen molar-refractivity contribution in [1.82, 2.24) is 4.57 Å². The molecule has 0 bridgehead atoms. The zero-order chi connectivity index (χ0) is 40.4. The number of hydrogen-bond acceptors (Lipinski definition) is 3. The first kappa shape index (κ1) is 34.5. The molecule has 0 saturated heterocycles. The molecular formula is C57H38N2OS. The molecule has 13 rings (SSSR count). The van der Waals surface area contributed by atoms with Gasteiger partial charge < -0.3 is 13.9 Å². The molecule has 9 aromatic carbocycles. The van der Waals surface area contributed by atoms with E-state index in [9.17, 15) is 0 Å². The molecule has 0 radical (unpaired) electrons. The van der Waals surface area contributed by atoms with Gasteiger partial charge in [0.05, 0.1) is 16.4 Å². The fraction of sp³-hybridized carbons (Fsp3) is 0.0526. The van der Waals surface area contributed by atoms with Crippen LogP contribution in [0.25, 0.3) is 91.9 Å². The van der Waals surface area contributed by atoms with E-state index in [1.54, 1.807) is 0 Å². The average Bonchev–Trinajstić information content (AvgIpc) is 4.04. The Morgan fingerprint density at radius 1 is 0.475 bits per heavy atom. The molecule has 0 spiro atoms. The summed E-state index contributed by atoms with van der Waals surface area (Å²) in [5, 5.41) is 7.15. The lowest BCUT2D eigenvalue weighted by Crippen LogP contribution is -2.16. The predicted octanol–water partition coefficient (Wildman–Crippen LogP) is 16.5. The highest BCUT2D eigenvalue weighted by atomic mass is 32.1. The van der Waals surface area contributed by atoms with E-state index < -0.39 is 0 Å². The lowest BCUT2D eigenvalue weighted by atomic mass is 9.82. The number of anilines is 3. The Balaban J connectivity index is 1.04. The van der Waals surface area contributed by atoms with Gasteiger partial charge in [0.25, 0.3) is 0 Å². The number of hydrogen-bond donors (Lipinski definition) is 0. The van der Waals surface area contributed by atoms with Crippen LogP contribution in [0, 0.1) is 0 Å². The standard InChI is InChI=1S/C57H38N2OS/c1-57(2)48-20-9-6-15-41(48)42-29-27-39(34-49(42)57)58(37-25-23-35(24-26-37)40-18-12-19-46-44-17-8-11-22-53(44)61-56(40)46)38-28-31-50-47(33-38)54-51(59(50)36-13-4-3-5-14-36)32-30-45-43-16-7-10-21-52(43)60-55(45)54/h3-34H,1-2H3. The predicted molar refractivity (Wildman–Crippen MR) is 259 cm³/mol. The summed E-state index contributed by atoms with van der Waals surface area (Å²) in [6.45, 7) is 4.72. The largest absolute Gasteiger partial charge is 0.455 e. The molecule has 3 nitrogen and oxygen atoms in total. The van der Waals surface area contributed by atoms with Crippen molar-refractivity contribution in [3.8, 4) is 27.9 Å². The van der Waals surface area contributed by atoms with Crippen molar-refractivity contribution in [3.63, 3.8) is 0 Å². The zero-order valence-corrected chi connectivity index (χ0v) is 34.5. The number of rotatable bonds is 5. The maximum atomic E-state index is 6.78. The number of benzene rings is 9. The second kappa shape index (κ2) is 12.8. The van der Waals surface area contributed by atoms with Crippen LogP contribution in [0.1, 0.15) is 25.0 Å². The number of para-hydroxylation sites is 2. The van der Waals surface area contributed by atoms with Gasteiger partial charge in [0.2, 0.25) is 0 Å². The van der Waals surface area contributed by atoms with Gasteiger partial charge in [-0.05, 0) is 112 Å². The quantitative estimate of drug-likeness (QED) is 0.173. The van der Waals surface area contributed by atoms with Crippen LogP contribution in [0.5, 0.6) is 0 Å². The molecule has 0 saturated carbocycles. The molecule has 0 atom stereocenters. The maximum absolute atomic E-state index is 6.78. The van der Waals surface area contributed by atoms with Gasteiger partial charge in [0.15, 0.2) is 0 Å². The monoisotopic (exact) mass is 798 g/mol. The molecule has 288 valence electrons. The first-order valence-electron chi connectivity index (χ1n) is 21.0. The van der Waals surface area contributed by atoms with Crippen LogP contribution in [0.2, 0.25) is 0 Å². The summed E-state index contributed by atoms with van der Waals surface area (Å²) in [4.78, 5) is 2.44. The van der Waals surface area contributed by atoms with E-state index in [-0.39, 0.29) is 5.41 Å². The molecule has 61 heavy (non-hydrogen) atoms. The SMILES string of the molecule is CC1(C)c2ccccc2-c2ccc(N(c3ccc(-c4cccc5c4sc4ccccc45)cc3)c3ccc4c(c3)c3c5oc6ccccc6c5ccc3n4-c3ccccc3)cc21. The van der Waals surface area contributed by atoms with Gasteiger partial charge in [-0.25, -0.2) is 0 Å². The highest BCUT2D eigenvalue weighted by Crippen LogP contribution is 2.51. The van der Waals surface area contributed by atoms with Crippen LogP contribution < -0.4 is 4.90 Å². The Morgan fingerprint density at radius 2 is 1.15 bits per heavy atom. The summed E-state index contributed by atoms with van der Waals surface area (Å²) >= 11 is 1.88. The lowest BCUT2D eigenvalue weighted by molar-refractivity contribution is 0.660. The van der Waals surface area contributed by atoms with Gasteiger partial charge in [-0.2, -0.15) is 0 Å². The van der Waals surface area contributed by atoms with Crippen LogP contribution in [-0.2, 0) is 5.41 Å². The molecule has 12 aromatic rings. The van der Waals surface area contributed by atoms with Crippen molar-refractivity contribution in [3.05, 3.63) is 205 Å². The van der Waals surface area contributed by atoms with Gasteiger partial charge in [-0.15, -0.1) is 11.3 Å². The fourth-order valence-electron chi connectivity index (χ4n) is 10.3. The van der Waals surface area contributed by atoms with Gasteiger partial charge in [0, 0.05) is 64.5 Å². The van der Waals surface area contributed by atoms with E-state index >= 15 is 0 Å². The third-order valence-corrected chi connectivity index (χ3v) is 14.4. The summed E-state index contributed by atoms with van der Waals surface area (Å²) in [5.74, 6) is 0. The van der Waals surface area contributed by atoms with Crippen LogP contribution in [0.4, 0.5) is 17.1 Å². The zero-order valence-electron chi connectivity index (χ0n) is 33.7. The normalized spacial score (nSPS) is 13.2. The highest BCUT2D eigenvalue weighted by molar-refractivity contribution is 7.26. The molecule has 1 aliphatic carbocycles. The Kier molecular flexibility index (Phi) is 7.23. The first-order valence-corrected chi connectivity index (χ1v) is 21.8. The minimum absolute atomic E-state index is 0.139. The first-order chi connectivity index (χ1) is 30.0. The van der Waals surface area contributed by atoms with Crippen molar-refractivity contribution in [2.45, 2.75) is 19.3 Å². The van der Waals surface area contributed by atoms with Crippen molar-refractivity contribution in [2.24, 2.45) is 0 Å². The number of fused-ring (bicyclic) bond motifs is 13. The van der Waals surface area contributed by atoms with E-state index in [4.69, 9.17) is 4.42 Å². The summed E-state index contributed by atoms with van der Waals surface area (Å²) in [7, 11) is 0. The van der Waals surface area contributed by atoms with E-state index in [1.165, 1.54) is 53.6 Å². The maximum Gasteiger partial charge on any atom is 0.145 e. The van der Waals surface area contributed by atoms with Crippen molar-refractivity contribution < 1.29 is 4.42 Å². The smallest absolute Gasteiger partial charge is 0.145 e. The fourth-order valence-corrected chi connectivity index (χ4v) is 11.5. The Labute approximate surface area is 357 Å². The molecular weight excluding hydrogens is 761 g/mol. The summed E-state index contributed by atoms with van der Waals surface area (Å²) in [5.41, 5.74) is 16.2. The number of thiophene rings is 1. The van der Waals surface area contributed by atoms with Crippen LogP contribution >= 0.6 is 11.3 Å². The van der Waals surface area contributed by atoms with E-state index in [0.717, 1.165) is 66.5 Å². The molecule has 3 heterocycles. The minimum atomic E-state index is -0.139. The molecule has 0 aliphatic heterocycles. The van der Waals surface area contributed by atoms with Crippen molar-refractivity contribution in [1.29, 1.82) is 0 Å². The highest BCUT2D eigenvalue weighted by Gasteiger charge is 2.36. The minimum Gasteiger partial charge on any atom is -0.455 e. The van der Waals surface area contributed by atoms with E-state index in [0.29, 0.717) is 0 Å². The molecule has 0 amide bonds. The number of nitrogens with zero attached hydrogens (tertiary/aromatic N) is 2. The molecule has 1 aliphatic rings. The Bertz CT molecular complexity index is 3740. The Hall–Kier alpha value is -7.40. The Morgan fingerprint density at radius 3 is 2.03 bits per heavy atom. The van der Waals surface area contributed by atoms with Crippen molar-refractivity contribution in [2.75, 3.05) is 4.90 Å². The van der Waals surface area contributed by atoms with Gasteiger partial charge in [-0.3, -0.25) is 0 Å². The van der Waals surface area contributed by atoms with Gasteiger partial charge >= 0.3 is 0 Å². The van der Waals surface area contributed by atoms with E-state index in [2.05, 4.69) is 217 Å². The second-order valence-electron chi connectivity index (χ2n) is 16.9. The summed E-state index contributed by atoms with van der Waals surface area (Å²) < 4.78 is 11.8. The van der Waals surface area contributed by atoms with Crippen molar-refractivity contribution >= 4 is 92.3 Å². The number of furan rings is 1. The van der Waals surface area contributed by atoms with Crippen LogP contribution in [0.15, 0.2) is 199 Å². The average molecular weight is 799 g/mol. The topological polar surface area (TPSA) is 21.3 Å². The lowest BCUT2D eigenvalue weighted by Gasteiger charge is -2.28. The third kappa shape index (κ3) is 4.97. The molecule has 3 aromatic heterocycles. The van der Waals surface area contributed by atoms with Crippen LogP contribution in [0.3, 0.4) is 0 Å². The summed E-state index contributed by atoms with van der Waals surface area (Å²) in [6.07, 6.45) is 0. The molecule has 0 unspecified atom stereocenters. The molecule has 0 fully saturated rings. The van der Waals surface area contributed by atoms with Crippen LogP contribution in [-0.4, -0.2) is 4.57 Å². The van der Waals surface area contributed by atoms with Gasteiger partial charge in [0.1, 0.15) is 11.2 Å². The second-order valence-corrected chi connectivity index (χ2v) is 17.9. The van der Waals surface area contributed by atoms with Gasteiger partial charge in [-0.1, -0.05) is 129 Å². The summed E-state index contributed by atoms with van der Waals surface area (Å²) in [6, 6.07) is 71.1. The van der Waals surface area contributed by atoms with E-state index in [1.807, 2.05) is 11.3 Å². The molecule has 4 heteroatoms. The molecule has 0 N–H and O–H groups in total. The third-order valence-electron chi connectivity index (χ3n) is 13.2.